The van der Waals surface area contributed by atoms with Gasteiger partial charge in [-0.25, -0.2) is 4.79 Å². The van der Waals surface area contributed by atoms with E-state index in [-0.39, 0.29) is 35.6 Å². The molecule has 0 saturated heterocycles. The third-order valence-corrected chi connectivity index (χ3v) is 10.9. The van der Waals surface area contributed by atoms with E-state index < -0.39 is 36.1 Å². The Morgan fingerprint density at radius 2 is 1.95 bits per heavy atom. The maximum absolute atomic E-state index is 13.5. The van der Waals surface area contributed by atoms with Gasteiger partial charge in [-0.3, -0.25) is 4.79 Å². The molecule has 8 atom stereocenters. The van der Waals surface area contributed by atoms with Crippen LogP contribution >= 0.6 is 0 Å². The van der Waals surface area contributed by atoms with E-state index in [4.69, 9.17) is 14.1 Å². The van der Waals surface area contributed by atoms with E-state index in [0.29, 0.717) is 30.7 Å². The lowest BCUT2D eigenvalue weighted by molar-refractivity contribution is -0.207. The van der Waals surface area contributed by atoms with Crippen LogP contribution in [0.5, 0.6) is 5.75 Å². The molecule has 7 nitrogen and oxygen atoms in total. The molecule has 0 unspecified atom stereocenters. The standard InChI is InChI=1S/C31H41BO7/c1-6-29(4)17-25(30(5)19(2)11-14-31(20(3)28(29)35)15-12-24(33)27(30)31)39-26(34)18-37-22-9-7-21(8-10-22)23-13-16-38-32(23)36/h6-10,13,19-20,25,27-28,35-36H,1,11-12,14-18H2,2-5H3/t19-,20-,25+,27-,28-,29+,30-,31-/m0/s1. The Labute approximate surface area is 231 Å². The highest BCUT2D eigenvalue weighted by Crippen LogP contribution is 2.68. The smallest absolute Gasteiger partial charge is 0.482 e. The number of hydrogen-bond acceptors (Lipinski definition) is 7. The monoisotopic (exact) mass is 536 g/mol. The van der Waals surface area contributed by atoms with Crippen molar-refractivity contribution in [3.63, 3.8) is 0 Å². The van der Waals surface area contributed by atoms with E-state index >= 15 is 0 Å². The first-order valence-corrected chi connectivity index (χ1v) is 14.2. The maximum atomic E-state index is 13.5. The molecule has 0 aromatic heterocycles. The van der Waals surface area contributed by atoms with Gasteiger partial charge >= 0.3 is 13.1 Å². The van der Waals surface area contributed by atoms with Gasteiger partial charge in [-0.2, -0.15) is 0 Å². The molecule has 0 spiro atoms. The number of aliphatic hydroxyl groups excluding tert-OH is 1. The number of hydrogen-bond donors (Lipinski definition) is 2. The molecule has 2 bridgehead atoms. The Morgan fingerprint density at radius 1 is 1.23 bits per heavy atom. The number of ether oxygens (including phenoxy) is 2. The van der Waals surface area contributed by atoms with Crippen molar-refractivity contribution in [3.8, 4) is 5.75 Å². The molecule has 0 radical (unpaired) electrons. The van der Waals surface area contributed by atoms with E-state index in [1.54, 1.807) is 18.2 Å². The summed E-state index contributed by atoms with van der Waals surface area (Å²) < 4.78 is 17.2. The zero-order valence-electron chi connectivity index (χ0n) is 23.5. The van der Waals surface area contributed by atoms with Crippen LogP contribution in [0.1, 0.15) is 65.4 Å². The molecule has 5 rings (SSSR count). The van der Waals surface area contributed by atoms with Gasteiger partial charge in [0.1, 0.15) is 17.6 Å². The fourth-order valence-corrected chi connectivity index (χ4v) is 8.26. The molecule has 8 heteroatoms. The van der Waals surface area contributed by atoms with Crippen LogP contribution in [0.3, 0.4) is 0 Å². The molecule has 3 saturated carbocycles. The fraction of sp³-hybridized carbons (Fsp3) is 0.613. The maximum Gasteiger partial charge on any atom is 0.491 e. The van der Waals surface area contributed by atoms with E-state index in [1.807, 2.05) is 25.1 Å². The number of aliphatic hydroxyl groups is 1. The molecule has 3 fully saturated rings. The van der Waals surface area contributed by atoms with E-state index in [1.165, 1.54) is 0 Å². The first kappa shape index (κ1) is 28.1. The summed E-state index contributed by atoms with van der Waals surface area (Å²) in [5.41, 5.74) is -0.00534. The molecule has 1 heterocycles. The van der Waals surface area contributed by atoms with Gasteiger partial charge in [0.05, 0.1) is 12.7 Å². The Kier molecular flexibility index (Phi) is 7.36. The second-order valence-electron chi connectivity index (χ2n) is 12.7. The normalized spacial score (nSPS) is 39.8. The van der Waals surface area contributed by atoms with Gasteiger partial charge in [-0.15, -0.1) is 6.58 Å². The van der Waals surface area contributed by atoms with Crippen LogP contribution in [-0.4, -0.2) is 54.4 Å². The predicted molar refractivity (Wildman–Crippen MR) is 148 cm³/mol. The molecule has 3 aliphatic carbocycles. The second kappa shape index (κ2) is 10.2. The summed E-state index contributed by atoms with van der Waals surface area (Å²) in [5, 5.41) is 21.6. The van der Waals surface area contributed by atoms with E-state index in [0.717, 1.165) is 24.8 Å². The number of esters is 1. The van der Waals surface area contributed by atoms with Crippen LogP contribution in [0.15, 0.2) is 43.0 Å². The van der Waals surface area contributed by atoms with Crippen molar-refractivity contribution in [1.29, 1.82) is 0 Å². The van der Waals surface area contributed by atoms with Gasteiger partial charge in [0.2, 0.25) is 0 Å². The minimum atomic E-state index is -0.938. The molecule has 1 aromatic carbocycles. The predicted octanol–water partition coefficient (Wildman–Crippen LogP) is 4.41. The number of ketones is 1. The van der Waals surface area contributed by atoms with Gasteiger partial charge in [0.25, 0.3) is 0 Å². The van der Waals surface area contributed by atoms with Gasteiger partial charge in [0.15, 0.2) is 6.61 Å². The van der Waals surface area contributed by atoms with Crippen LogP contribution in [-0.2, 0) is 19.0 Å². The summed E-state index contributed by atoms with van der Waals surface area (Å²) in [6.07, 6.45) is 5.85. The summed E-state index contributed by atoms with van der Waals surface area (Å²) >= 11 is 0. The lowest BCUT2D eigenvalue weighted by Crippen LogP contribution is -2.63. The summed E-state index contributed by atoms with van der Waals surface area (Å²) in [6, 6.07) is 7.11. The fourth-order valence-electron chi connectivity index (χ4n) is 8.26. The van der Waals surface area contributed by atoms with Gasteiger partial charge < -0.3 is 24.3 Å². The van der Waals surface area contributed by atoms with Crippen molar-refractivity contribution in [2.75, 3.05) is 13.2 Å². The number of Topliss-reactive ketones (excluding diaryl/α,β-unsaturated/α-hetero) is 1. The van der Waals surface area contributed by atoms with Crippen molar-refractivity contribution in [3.05, 3.63) is 48.6 Å². The Balaban J connectivity index is 1.37. The summed E-state index contributed by atoms with van der Waals surface area (Å²) in [6.45, 7) is 12.5. The Hall–Kier alpha value is -2.42. The molecule has 1 aliphatic heterocycles. The summed E-state index contributed by atoms with van der Waals surface area (Å²) in [7, 11) is -0.938. The topological polar surface area (TPSA) is 102 Å². The zero-order valence-corrected chi connectivity index (χ0v) is 23.5. The highest BCUT2D eigenvalue weighted by atomic mass is 16.6. The number of carbonyl (C=O) groups excluding carboxylic acids is 2. The van der Waals surface area contributed by atoms with Crippen LogP contribution in [0.25, 0.3) is 5.47 Å². The quantitative estimate of drug-likeness (QED) is 0.316. The lowest BCUT2D eigenvalue weighted by atomic mass is 9.44. The molecule has 4 aliphatic rings. The first-order valence-electron chi connectivity index (χ1n) is 14.2. The molecule has 0 amide bonds. The van der Waals surface area contributed by atoms with E-state index in [9.17, 15) is 19.7 Å². The summed E-state index contributed by atoms with van der Waals surface area (Å²) in [5.74, 6) is 0.0728. The SMILES string of the molecule is C=C[C@]1(C)C[C@@H](OC(=O)COc2ccc(C3=CCOB3O)cc2)[C@@]2(C)[C@@H]3C(=O)CC[C@@]3(CC[C@@H]2C)[C@@H](C)[C@@H]1O. The lowest BCUT2D eigenvalue weighted by Gasteiger charge is -2.61. The average Bonchev–Trinajstić information content (AvgIpc) is 3.52. The van der Waals surface area contributed by atoms with Crippen molar-refractivity contribution >= 4 is 24.3 Å². The van der Waals surface area contributed by atoms with Crippen LogP contribution < -0.4 is 4.74 Å². The Morgan fingerprint density at radius 3 is 2.59 bits per heavy atom. The van der Waals surface area contributed by atoms with Crippen LogP contribution in [0, 0.1) is 34.0 Å². The molecular formula is C31H41BO7. The van der Waals surface area contributed by atoms with Crippen molar-refractivity contribution < 1.29 is 33.8 Å². The number of rotatable bonds is 6. The van der Waals surface area contributed by atoms with E-state index in [2.05, 4.69) is 27.4 Å². The highest BCUT2D eigenvalue weighted by Gasteiger charge is 2.68. The highest BCUT2D eigenvalue weighted by molar-refractivity contribution is 6.67. The first-order chi connectivity index (χ1) is 18.5. The summed E-state index contributed by atoms with van der Waals surface area (Å²) in [4.78, 5) is 26.8. The molecular weight excluding hydrogens is 495 g/mol. The third-order valence-electron chi connectivity index (χ3n) is 10.9. The third kappa shape index (κ3) is 4.49. The van der Waals surface area contributed by atoms with Gasteiger partial charge in [-0.1, -0.05) is 52.0 Å². The molecule has 1 aromatic rings. The number of benzene rings is 1. The molecule has 2 N–H and O–H groups in total. The minimum Gasteiger partial charge on any atom is -0.482 e. The number of carbonyl (C=O) groups is 2. The van der Waals surface area contributed by atoms with Crippen LogP contribution in [0.4, 0.5) is 0 Å². The molecule has 210 valence electrons. The minimum absolute atomic E-state index is 0.0700. The zero-order chi connectivity index (χ0) is 28.2. The van der Waals surface area contributed by atoms with Gasteiger partial charge in [0, 0.05) is 23.2 Å². The average molecular weight is 536 g/mol. The van der Waals surface area contributed by atoms with Crippen LogP contribution in [0.2, 0.25) is 0 Å². The van der Waals surface area contributed by atoms with Crippen molar-refractivity contribution in [2.24, 2.45) is 34.0 Å². The largest absolute Gasteiger partial charge is 0.491 e. The second-order valence-corrected chi connectivity index (χ2v) is 12.7. The van der Waals surface area contributed by atoms with Gasteiger partial charge in [-0.05, 0) is 66.1 Å². The van der Waals surface area contributed by atoms with Crippen molar-refractivity contribution in [1.82, 2.24) is 0 Å². The molecule has 39 heavy (non-hydrogen) atoms. The van der Waals surface area contributed by atoms with Crippen molar-refractivity contribution in [2.45, 2.75) is 72.0 Å². The Bertz CT molecular complexity index is 1160.